The van der Waals surface area contributed by atoms with Gasteiger partial charge in [-0.15, -0.1) is 0 Å². The van der Waals surface area contributed by atoms with Crippen LogP contribution in [-0.2, 0) is 9.59 Å². The minimum absolute atomic E-state index is 0.115. The Hall–Kier alpha value is -2.74. The number of hydrogen-bond donors (Lipinski definition) is 2. The van der Waals surface area contributed by atoms with E-state index in [2.05, 4.69) is 36.3 Å². The van der Waals surface area contributed by atoms with Gasteiger partial charge in [0, 0.05) is 30.7 Å². The molecule has 3 aliphatic heterocycles. The van der Waals surface area contributed by atoms with Crippen molar-refractivity contribution in [2.45, 2.75) is 70.9 Å². The van der Waals surface area contributed by atoms with Crippen LogP contribution in [0.15, 0.2) is 18.2 Å². The molecule has 1 aromatic carbocycles. The number of carbonyl (C=O) groups excluding carboxylic acids is 4. The molecule has 33 heavy (non-hydrogen) atoms. The SMILES string of the molecule is CC(C)(C)N1CCC(CCCCNc2cccc3c2C(=O)N(C2CCC(=O)NC2=O)C3=O)C1. The number of imide groups is 2. The normalized spacial score (nSPS) is 23.8. The standard InChI is InChI=1S/C25H34N4O4/c1-25(2,3)28-14-12-16(15-28)7-4-5-13-26-18-9-6-8-17-21(18)24(33)29(23(17)32)19-10-11-20(30)27-22(19)31/h6,8-9,16,19,26H,4-5,7,10-15H2,1-3H3,(H,27,30,31). The van der Waals surface area contributed by atoms with Crippen molar-refractivity contribution in [3.63, 3.8) is 0 Å². The molecule has 0 saturated carbocycles. The number of hydrogen-bond acceptors (Lipinski definition) is 6. The Labute approximate surface area is 195 Å². The Morgan fingerprint density at radius 1 is 1.06 bits per heavy atom. The number of unbranched alkanes of at least 4 members (excludes halogenated alkanes) is 1. The lowest BCUT2D eigenvalue weighted by Crippen LogP contribution is -2.54. The fourth-order valence-corrected chi connectivity index (χ4v) is 5.12. The topological polar surface area (TPSA) is 98.8 Å². The molecule has 8 heteroatoms. The van der Waals surface area contributed by atoms with Crippen LogP contribution in [0.1, 0.15) is 80.0 Å². The van der Waals surface area contributed by atoms with Gasteiger partial charge in [0.25, 0.3) is 11.8 Å². The maximum atomic E-state index is 13.1. The first kappa shape index (κ1) is 23.4. The van der Waals surface area contributed by atoms with E-state index in [-0.39, 0.29) is 24.3 Å². The smallest absolute Gasteiger partial charge is 0.264 e. The molecule has 0 bridgehead atoms. The number of rotatable bonds is 7. The molecule has 2 saturated heterocycles. The van der Waals surface area contributed by atoms with Gasteiger partial charge in [0.2, 0.25) is 11.8 Å². The van der Waals surface area contributed by atoms with E-state index in [4.69, 9.17) is 0 Å². The third-order valence-corrected chi connectivity index (χ3v) is 7.06. The highest BCUT2D eigenvalue weighted by atomic mass is 16.2. The first-order chi connectivity index (χ1) is 15.7. The van der Waals surface area contributed by atoms with E-state index in [1.165, 1.54) is 19.4 Å². The summed E-state index contributed by atoms with van der Waals surface area (Å²) in [6.07, 6.45) is 4.82. The van der Waals surface area contributed by atoms with Crippen LogP contribution in [0.4, 0.5) is 5.69 Å². The molecule has 2 fully saturated rings. The van der Waals surface area contributed by atoms with Crippen LogP contribution in [0.3, 0.4) is 0 Å². The second kappa shape index (κ2) is 9.25. The minimum Gasteiger partial charge on any atom is -0.384 e. The van der Waals surface area contributed by atoms with Crippen molar-refractivity contribution >= 4 is 29.3 Å². The van der Waals surface area contributed by atoms with E-state index >= 15 is 0 Å². The monoisotopic (exact) mass is 454 g/mol. The van der Waals surface area contributed by atoms with E-state index in [0.29, 0.717) is 23.4 Å². The zero-order valence-corrected chi connectivity index (χ0v) is 19.8. The number of anilines is 1. The predicted molar refractivity (Wildman–Crippen MR) is 125 cm³/mol. The van der Waals surface area contributed by atoms with Gasteiger partial charge in [0.05, 0.1) is 11.1 Å². The molecule has 4 amide bonds. The molecule has 0 aliphatic carbocycles. The molecule has 4 rings (SSSR count). The van der Waals surface area contributed by atoms with E-state index in [0.717, 1.165) is 30.2 Å². The summed E-state index contributed by atoms with van der Waals surface area (Å²) in [5.41, 5.74) is 1.49. The lowest BCUT2D eigenvalue weighted by Gasteiger charge is -2.31. The van der Waals surface area contributed by atoms with Crippen LogP contribution in [0.25, 0.3) is 0 Å². The zero-order valence-electron chi connectivity index (χ0n) is 19.8. The number of nitrogens with zero attached hydrogens (tertiary/aromatic N) is 2. The number of carbonyl (C=O) groups is 4. The summed E-state index contributed by atoms with van der Waals surface area (Å²) in [5, 5.41) is 5.56. The van der Waals surface area contributed by atoms with Gasteiger partial charge in [0.1, 0.15) is 6.04 Å². The van der Waals surface area contributed by atoms with E-state index in [1.54, 1.807) is 18.2 Å². The van der Waals surface area contributed by atoms with E-state index < -0.39 is 23.8 Å². The lowest BCUT2D eigenvalue weighted by atomic mass is 10.0. The largest absolute Gasteiger partial charge is 0.384 e. The Bertz CT molecular complexity index is 968. The van der Waals surface area contributed by atoms with Crippen molar-refractivity contribution in [3.05, 3.63) is 29.3 Å². The third-order valence-electron chi connectivity index (χ3n) is 7.06. The average molecular weight is 455 g/mol. The highest BCUT2D eigenvalue weighted by molar-refractivity contribution is 6.25. The molecule has 3 aliphatic rings. The molecular formula is C25H34N4O4. The van der Waals surface area contributed by atoms with Crippen molar-refractivity contribution in [1.29, 1.82) is 0 Å². The van der Waals surface area contributed by atoms with Gasteiger partial charge >= 0.3 is 0 Å². The number of likely N-dealkylation sites (tertiary alicyclic amines) is 1. The summed E-state index contributed by atoms with van der Waals surface area (Å²) in [7, 11) is 0. The summed E-state index contributed by atoms with van der Waals surface area (Å²) in [4.78, 5) is 53.3. The summed E-state index contributed by atoms with van der Waals surface area (Å²) in [6.45, 7) is 9.85. The molecule has 2 unspecified atom stereocenters. The van der Waals surface area contributed by atoms with Gasteiger partial charge < -0.3 is 5.32 Å². The average Bonchev–Trinajstić information content (AvgIpc) is 3.33. The number of fused-ring (bicyclic) bond motifs is 1. The van der Waals surface area contributed by atoms with Crippen LogP contribution in [0.5, 0.6) is 0 Å². The molecule has 8 nitrogen and oxygen atoms in total. The highest BCUT2D eigenvalue weighted by Gasteiger charge is 2.45. The van der Waals surface area contributed by atoms with Crippen LogP contribution < -0.4 is 10.6 Å². The van der Waals surface area contributed by atoms with Gasteiger partial charge in [-0.3, -0.25) is 34.3 Å². The van der Waals surface area contributed by atoms with Gasteiger partial charge in [-0.25, -0.2) is 0 Å². The van der Waals surface area contributed by atoms with E-state index in [1.807, 2.05) is 0 Å². The second-order valence-electron chi connectivity index (χ2n) is 10.4. The molecule has 178 valence electrons. The van der Waals surface area contributed by atoms with Crippen molar-refractivity contribution in [3.8, 4) is 0 Å². The predicted octanol–water partition coefficient (Wildman–Crippen LogP) is 2.79. The summed E-state index contributed by atoms with van der Waals surface area (Å²) < 4.78 is 0. The molecule has 2 N–H and O–H groups in total. The highest BCUT2D eigenvalue weighted by Crippen LogP contribution is 2.32. The van der Waals surface area contributed by atoms with Crippen LogP contribution in [-0.4, -0.2) is 64.6 Å². The van der Waals surface area contributed by atoms with Crippen molar-refractivity contribution in [1.82, 2.24) is 15.1 Å². The summed E-state index contributed by atoms with van der Waals surface area (Å²) in [5.74, 6) is -1.17. The number of benzene rings is 1. The van der Waals surface area contributed by atoms with E-state index in [9.17, 15) is 19.2 Å². The van der Waals surface area contributed by atoms with Gasteiger partial charge in [-0.05, 0) is 71.0 Å². The van der Waals surface area contributed by atoms with Gasteiger partial charge in [0.15, 0.2) is 0 Å². The third kappa shape index (κ3) is 4.81. The Morgan fingerprint density at radius 3 is 2.55 bits per heavy atom. The quantitative estimate of drug-likeness (QED) is 0.486. The first-order valence-electron chi connectivity index (χ1n) is 12.0. The van der Waals surface area contributed by atoms with Crippen LogP contribution in [0.2, 0.25) is 0 Å². The zero-order chi connectivity index (χ0) is 23.8. The van der Waals surface area contributed by atoms with Crippen molar-refractivity contribution in [2.75, 3.05) is 25.0 Å². The fraction of sp³-hybridized carbons (Fsp3) is 0.600. The lowest BCUT2D eigenvalue weighted by molar-refractivity contribution is -0.136. The maximum absolute atomic E-state index is 13.1. The molecule has 0 spiro atoms. The molecule has 0 aromatic heterocycles. The Kier molecular flexibility index (Phi) is 6.56. The van der Waals surface area contributed by atoms with Crippen molar-refractivity contribution in [2.24, 2.45) is 5.92 Å². The fourth-order valence-electron chi connectivity index (χ4n) is 5.12. The van der Waals surface area contributed by atoms with Crippen molar-refractivity contribution < 1.29 is 19.2 Å². The number of piperidine rings is 1. The maximum Gasteiger partial charge on any atom is 0.264 e. The number of nitrogens with one attached hydrogen (secondary N) is 2. The summed E-state index contributed by atoms with van der Waals surface area (Å²) in [6, 6.07) is 4.23. The summed E-state index contributed by atoms with van der Waals surface area (Å²) >= 11 is 0. The molecule has 0 radical (unpaired) electrons. The first-order valence-corrected chi connectivity index (χ1v) is 12.0. The Morgan fingerprint density at radius 2 is 1.85 bits per heavy atom. The molecule has 2 atom stereocenters. The molecular weight excluding hydrogens is 420 g/mol. The second-order valence-corrected chi connectivity index (χ2v) is 10.4. The molecule has 1 aromatic rings. The van der Waals surface area contributed by atoms with Gasteiger partial charge in [-0.2, -0.15) is 0 Å². The number of amides is 4. The van der Waals surface area contributed by atoms with Crippen LogP contribution >= 0.6 is 0 Å². The van der Waals surface area contributed by atoms with Crippen LogP contribution in [0, 0.1) is 5.92 Å². The van der Waals surface area contributed by atoms with Gasteiger partial charge in [-0.1, -0.05) is 12.5 Å². The minimum atomic E-state index is -0.943. The molecule has 3 heterocycles. The Balaban J connectivity index is 1.32.